The third-order valence-corrected chi connectivity index (χ3v) is 3.50. The molecular weight excluding hydrogens is 192 g/mol. The fourth-order valence-corrected chi connectivity index (χ4v) is 2.11. The number of hydrogen-bond acceptors (Lipinski definition) is 4. The lowest BCUT2D eigenvalue weighted by atomic mass is 9.88. The highest BCUT2D eigenvalue weighted by atomic mass is 16.5. The van der Waals surface area contributed by atoms with Gasteiger partial charge < -0.3 is 10.5 Å². The van der Waals surface area contributed by atoms with Crippen LogP contribution in [0.25, 0.3) is 0 Å². The fraction of sp³-hybridized carbons (Fsp3) is 0.909. The highest BCUT2D eigenvalue weighted by Gasteiger charge is 2.31. The number of hydrogen-bond donors (Lipinski definition) is 1. The first-order valence-corrected chi connectivity index (χ1v) is 5.62. The molecule has 4 heteroatoms. The Morgan fingerprint density at radius 1 is 1.53 bits per heavy atom. The maximum absolute atomic E-state index is 11.5. The number of piperidine rings is 1. The van der Waals surface area contributed by atoms with Gasteiger partial charge in [0.25, 0.3) is 0 Å². The van der Waals surface area contributed by atoms with Crippen LogP contribution in [0.5, 0.6) is 0 Å². The molecule has 2 N–H and O–H groups in total. The van der Waals surface area contributed by atoms with Gasteiger partial charge in [-0.3, -0.25) is 9.69 Å². The molecule has 0 aromatic heterocycles. The zero-order valence-corrected chi connectivity index (χ0v) is 9.90. The minimum absolute atomic E-state index is 0.209. The quantitative estimate of drug-likeness (QED) is 0.694. The van der Waals surface area contributed by atoms with E-state index in [2.05, 4.69) is 18.7 Å². The first-order valence-electron chi connectivity index (χ1n) is 5.62. The molecule has 88 valence electrons. The molecule has 1 fully saturated rings. The van der Waals surface area contributed by atoms with E-state index in [4.69, 9.17) is 10.5 Å². The van der Waals surface area contributed by atoms with Crippen molar-refractivity contribution in [1.82, 2.24) is 4.90 Å². The summed E-state index contributed by atoms with van der Waals surface area (Å²) in [5.74, 6) is 1.15. The normalized spacial score (nSPS) is 29.9. The minimum atomic E-state index is -0.259. The van der Waals surface area contributed by atoms with E-state index in [0.29, 0.717) is 12.5 Å². The third-order valence-electron chi connectivity index (χ3n) is 3.50. The molecule has 0 saturated carbocycles. The van der Waals surface area contributed by atoms with Gasteiger partial charge in [0.2, 0.25) is 0 Å². The second-order valence-electron chi connectivity index (χ2n) is 4.51. The average Bonchev–Trinajstić information content (AvgIpc) is 2.24. The molecule has 4 nitrogen and oxygen atoms in total. The van der Waals surface area contributed by atoms with E-state index in [1.807, 2.05) is 0 Å². The minimum Gasteiger partial charge on any atom is -0.468 e. The van der Waals surface area contributed by atoms with Crippen molar-refractivity contribution in [2.24, 2.45) is 17.6 Å². The molecule has 3 unspecified atom stereocenters. The second kappa shape index (κ2) is 5.47. The Bertz CT molecular complexity index is 221. The number of nitrogens with zero attached hydrogens (tertiary/aromatic N) is 1. The zero-order valence-electron chi connectivity index (χ0n) is 9.90. The number of esters is 1. The van der Waals surface area contributed by atoms with Gasteiger partial charge in [0.1, 0.15) is 6.04 Å². The third kappa shape index (κ3) is 2.92. The largest absolute Gasteiger partial charge is 0.468 e. The summed E-state index contributed by atoms with van der Waals surface area (Å²) in [6.45, 7) is 6.72. The van der Waals surface area contributed by atoms with Gasteiger partial charge in [0.15, 0.2) is 0 Å². The highest BCUT2D eigenvalue weighted by molar-refractivity contribution is 5.75. The van der Waals surface area contributed by atoms with Crippen molar-refractivity contribution >= 4 is 5.97 Å². The molecule has 1 aliphatic heterocycles. The smallest absolute Gasteiger partial charge is 0.324 e. The van der Waals surface area contributed by atoms with Crippen molar-refractivity contribution in [1.29, 1.82) is 0 Å². The van der Waals surface area contributed by atoms with E-state index in [1.54, 1.807) is 0 Å². The van der Waals surface area contributed by atoms with Gasteiger partial charge >= 0.3 is 5.97 Å². The van der Waals surface area contributed by atoms with Crippen molar-refractivity contribution in [3.8, 4) is 0 Å². The van der Waals surface area contributed by atoms with Crippen molar-refractivity contribution < 1.29 is 9.53 Å². The topological polar surface area (TPSA) is 55.6 Å². The molecule has 1 saturated heterocycles. The van der Waals surface area contributed by atoms with Crippen LogP contribution < -0.4 is 5.73 Å². The molecule has 1 rings (SSSR count). The second-order valence-corrected chi connectivity index (χ2v) is 4.51. The van der Waals surface area contributed by atoms with Gasteiger partial charge in [-0.2, -0.15) is 0 Å². The number of carbonyl (C=O) groups is 1. The van der Waals surface area contributed by atoms with E-state index in [0.717, 1.165) is 25.4 Å². The molecule has 0 aliphatic carbocycles. The molecule has 15 heavy (non-hydrogen) atoms. The standard InChI is InChI=1S/C11H22N2O2/c1-8-4-5-13(7-9(8)2)10(6-12)11(14)15-3/h8-10H,4-7,12H2,1-3H3. The molecule has 0 spiro atoms. The number of nitrogens with two attached hydrogens (primary N) is 1. The Hall–Kier alpha value is -0.610. The van der Waals surface area contributed by atoms with Gasteiger partial charge in [0, 0.05) is 13.1 Å². The number of carbonyl (C=O) groups excluding carboxylic acids is 1. The predicted molar refractivity (Wildman–Crippen MR) is 59.4 cm³/mol. The molecule has 0 bridgehead atoms. The number of methoxy groups -OCH3 is 1. The summed E-state index contributed by atoms with van der Waals surface area (Å²) in [6.07, 6.45) is 1.13. The maximum Gasteiger partial charge on any atom is 0.324 e. The number of likely N-dealkylation sites (tertiary alicyclic amines) is 1. The van der Waals surface area contributed by atoms with Gasteiger partial charge in [-0.25, -0.2) is 0 Å². The Labute approximate surface area is 91.8 Å². The van der Waals surface area contributed by atoms with E-state index < -0.39 is 0 Å². The zero-order chi connectivity index (χ0) is 11.4. The summed E-state index contributed by atoms with van der Waals surface area (Å²) in [5, 5.41) is 0. The molecule has 0 aromatic carbocycles. The fourth-order valence-electron chi connectivity index (χ4n) is 2.11. The van der Waals surface area contributed by atoms with Crippen LogP contribution in [0.2, 0.25) is 0 Å². The lowest BCUT2D eigenvalue weighted by Crippen LogP contribution is -2.51. The Balaban J connectivity index is 2.58. The Morgan fingerprint density at radius 2 is 2.20 bits per heavy atom. The monoisotopic (exact) mass is 214 g/mol. The maximum atomic E-state index is 11.5. The van der Waals surface area contributed by atoms with Crippen LogP contribution in [0.3, 0.4) is 0 Å². The van der Waals surface area contributed by atoms with Gasteiger partial charge in [-0.1, -0.05) is 13.8 Å². The lowest BCUT2D eigenvalue weighted by Gasteiger charge is -2.38. The van der Waals surface area contributed by atoms with E-state index >= 15 is 0 Å². The van der Waals surface area contributed by atoms with Gasteiger partial charge in [-0.05, 0) is 24.8 Å². The predicted octanol–water partition coefficient (Wildman–Crippen LogP) is 0.465. The van der Waals surface area contributed by atoms with Crippen molar-refractivity contribution in [2.45, 2.75) is 26.3 Å². The molecule has 0 aromatic rings. The summed E-state index contributed by atoms with van der Waals surface area (Å²) < 4.78 is 4.76. The first kappa shape index (κ1) is 12.5. The van der Waals surface area contributed by atoms with Crippen LogP contribution in [-0.2, 0) is 9.53 Å². The summed E-state index contributed by atoms with van der Waals surface area (Å²) in [4.78, 5) is 13.6. The molecule has 1 heterocycles. The van der Waals surface area contributed by atoms with E-state index in [1.165, 1.54) is 7.11 Å². The summed E-state index contributed by atoms with van der Waals surface area (Å²) in [5.41, 5.74) is 5.62. The van der Waals surface area contributed by atoms with E-state index in [-0.39, 0.29) is 12.0 Å². The average molecular weight is 214 g/mol. The SMILES string of the molecule is COC(=O)C(CN)N1CCC(C)C(C)C1. The summed E-state index contributed by atoms with van der Waals surface area (Å²) >= 11 is 0. The van der Waals surface area contributed by atoms with Crippen LogP contribution in [0.1, 0.15) is 20.3 Å². The van der Waals surface area contributed by atoms with E-state index in [9.17, 15) is 4.79 Å². The van der Waals surface area contributed by atoms with Gasteiger partial charge in [-0.15, -0.1) is 0 Å². The molecule has 0 amide bonds. The van der Waals surface area contributed by atoms with Crippen molar-refractivity contribution in [3.05, 3.63) is 0 Å². The lowest BCUT2D eigenvalue weighted by molar-refractivity contribution is -0.147. The Morgan fingerprint density at radius 3 is 2.67 bits per heavy atom. The summed E-state index contributed by atoms with van der Waals surface area (Å²) in [6, 6.07) is -0.259. The van der Waals surface area contributed by atoms with Crippen LogP contribution >= 0.6 is 0 Å². The Kier molecular flexibility index (Phi) is 4.54. The molecule has 1 aliphatic rings. The first-order chi connectivity index (χ1) is 7.10. The van der Waals surface area contributed by atoms with Crippen molar-refractivity contribution in [3.63, 3.8) is 0 Å². The van der Waals surface area contributed by atoms with Crippen LogP contribution in [0.4, 0.5) is 0 Å². The van der Waals surface area contributed by atoms with Crippen molar-refractivity contribution in [2.75, 3.05) is 26.7 Å². The molecule has 0 radical (unpaired) electrons. The molecule has 3 atom stereocenters. The van der Waals surface area contributed by atoms with Crippen LogP contribution in [0.15, 0.2) is 0 Å². The number of ether oxygens (including phenoxy) is 1. The highest BCUT2D eigenvalue weighted by Crippen LogP contribution is 2.23. The summed E-state index contributed by atoms with van der Waals surface area (Å²) in [7, 11) is 1.42. The van der Waals surface area contributed by atoms with Crippen LogP contribution in [0, 0.1) is 11.8 Å². The van der Waals surface area contributed by atoms with Crippen LogP contribution in [-0.4, -0.2) is 43.7 Å². The molecular formula is C11H22N2O2. The number of rotatable bonds is 3. The van der Waals surface area contributed by atoms with Gasteiger partial charge in [0.05, 0.1) is 7.11 Å².